The second-order valence-electron chi connectivity index (χ2n) is 11.0. The summed E-state index contributed by atoms with van der Waals surface area (Å²) in [6.07, 6.45) is 0. The summed E-state index contributed by atoms with van der Waals surface area (Å²) in [6, 6.07) is -28.3. The molecule has 0 fully saturated rings. The van der Waals surface area contributed by atoms with Gasteiger partial charge in [0.25, 0.3) is 0 Å². The Kier molecular flexibility index (Phi) is 2.47. The Bertz CT molecular complexity index is 4820. The zero-order chi connectivity index (χ0) is 59.6. The highest BCUT2D eigenvalue weighted by molar-refractivity contribution is 6.16. The van der Waals surface area contributed by atoms with Crippen molar-refractivity contribution >= 4 is 65.6 Å². The Balaban J connectivity index is 1.43. The SMILES string of the molecule is [2H]c1c([2H])c([2H])c(-c2c([2H])c(-n3c4c([2H])c([2H])c([2H])c([2H])c4c4c([2H])c([2H])c(-c5c([2H])c([2H])c6c(c5[2H])c5c([2H])c([2H])c([2H])c([2H])c5n6-c5c([2H])c([2H])c([2H])c([2H])c5[2H])c([2H])c43)c3c(oc4c([2H])c([2H])c([2H])c([2H])c43)c2[2H])c([2H])c1[2H]. The van der Waals surface area contributed by atoms with E-state index in [1.807, 2.05) is 0 Å². The lowest BCUT2D eigenvalue weighted by atomic mass is 10.0. The molecule has 0 bridgehead atoms. The fourth-order valence-electron chi connectivity index (χ4n) is 6.21. The average Bonchev–Trinajstić information content (AvgIpc) is 4.25. The van der Waals surface area contributed by atoms with Crippen LogP contribution in [0.2, 0.25) is 0 Å². The van der Waals surface area contributed by atoms with Crippen molar-refractivity contribution in [2.75, 3.05) is 0 Å². The van der Waals surface area contributed by atoms with Crippen molar-refractivity contribution in [3.8, 4) is 33.6 Å². The number of fused-ring (bicyclic) bond motifs is 9. The minimum atomic E-state index is -1.09. The van der Waals surface area contributed by atoms with Crippen molar-refractivity contribution in [2.24, 2.45) is 0 Å². The molecule has 0 atom stereocenters. The minimum Gasteiger partial charge on any atom is -0.456 e. The van der Waals surface area contributed by atoms with E-state index in [0.29, 0.717) is 0 Å². The molecular formula is C48H30N2O. The molecule has 11 aromatic rings. The number of para-hydroxylation sites is 4. The topological polar surface area (TPSA) is 23.0 Å². The van der Waals surface area contributed by atoms with Crippen LogP contribution in [0, 0.1) is 0 Å². The Morgan fingerprint density at radius 2 is 0.941 bits per heavy atom. The van der Waals surface area contributed by atoms with Crippen LogP contribution in [0.3, 0.4) is 0 Å². The average molecular weight is 681 g/mol. The number of hydrogen-bond acceptors (Lipinski definition) is 1. The van der Waals surface area contributed by atoms with Crippen molar-refractivity contribution in [3.63, 3.8) is 0 Å². The largest absolute Gasteiger partial charge is 0.456 e. The van der Waals surface area contributed by atoms with Crippen molar-refractivity contribution in [3.05, 3.63) is 181 Å². The van der Waals surface area contributed by atoms with Crippen molar-refractivity contribution < 1.29 is 45.5 Å². The number of benzene rings is 8. The van der Waals surface area contributed by atoms with Gasteiger partial charge in [-0.3, -0.25) is 0 Å². The highest BCUT2D eigenvalue weighted by atomic mass is 16.3. The van der Waals surface area contributed by atoms with Gasteiger partial charge in [-0.25, -0.2) is 0 Å². The van der Waals surface area contributed by atoms with Crippen LogP contribution in [0.1, 0.15) is 41.1 Å². The first-order valence-corrected chi connectivity index (χ1v) is 15.0. The molecule has 0 aliphatic heterocycles. The third-order valence-corrected chi connectivity index (χ3v) is 8.30. The summed E-state index contributed by atoms with van der Waals surface area (Å²) in [5, 5.41) is -3.70. The molecule has 0 N–H and O–H groups in total. The second kappa shape index (κ2) is 10.8. The maximum Gasteiger partial charge on any atom is 0.138 e. The fourth-order valence-corrected chi connectivity index (χ4v) is 6.21. The molecule has 3 aromatic heterocycles. The third-order valence-electron chi connectivity index (χ3n) is 8.30. The lowest BCUT2D eigenvalue weighted by Gasteiger charge is -2.13. The van der Waals surface area contributed by atoms with Crippen LogP contribution in [0.25, 0.3) is 99.2 Å². The van der Waals surface area contributed by atoms with Gasteiger partial charge in [0, 0.05) is 32.6 Å². The van der Waals surface area contributed by atoms with Crippen LogP contribution in [-0.2, 0) is 0 Å². The molecule has 0 aliphatic carbocycles. The van der Waals surface area contributed by atoms with Gasteiger partial charge >= 0.3 is 0 Å². The summed E-state index contributed by atoms with van der Waals surface area (Å²) < 4.78 is 279. The monoisotopic (exact) mass is 680 g/mol. The Hall–Kier alpha value is -6.84. The Labute approximate surface area is 336 Å². The van der Waals surface area contributed by atoms with Crippen LogP contribution >= 0.6 is 0 Å². The zero-order valence-corrected chi connectivity index (χ0v) is 25.3. The number of aromatic nitrogens is 2. The Morgan fingerprint density at radius 1 is 0.353 bits per heavy atom. The number of rotatable bonds is 4. The molecule has 0 spiro atoms. The van der Waals surface area contributed by atoms with E-state index in [4.69, 9.17) is 31.8 Å². The van der Waals surface area contributed by atoms with E-state index in [2.05, 4.69) is 0 Å². The van der Waals surface area contributed by atoms with Gasteiger partial charge in [0.05, 0.1) is 74.3 Å². The van der Waals surface area contributed by atoms with E-state index in [1.54, 1.807) is 0 Å². The zero-order valence-electron chi connectivity index (χ0n) is 55.3. The van der Waals surface area contributed by atoms with Gasteiger partial charge in [-0.2, -0.15) is 0 Å². The highest BCUT2D eigenvalue weighted by Crippen LogP contribution is 2.42. The Morgan fingerprint density at radius 3 is 1.75 bits per heavy atom. The van der Waals surface area contributed by atoms with Crippen LogP contribution in [0.15, 0.2) is 186 Å². The second-order valence-corrected chi connectivity index (χ2v) is 11.0. The van der Waals surface area contributed by atoms with Gasteiger partial charge in [-0.05, 0) is 82.7 Å². The maximum absolute atomic E-state index is 10.2. The molecule has 0 saturated carbocycles. The number of nitrogens with zero attached hydrogens (tertiary/aromatic N) is 2. The van der Waals surface area contributed by atoms with Gasteiger partial charge in [0.15, 0.2) is 0 Å². The fraction of sp³-hybridized carbons (Fsp3) is 0. The van der Waals surface area contributed by atoms with E-state index in [9.17, 15) is 13.7 Å². The van der Waals surface area contributed by atoms with Crippen LogP contribution < -0.4 is 0 Å². The van der Waals surface area contributed by atoms with Crippen molar-refractivity contribution in [1.29, 1.82) is 0 Å². The first-order valence-electron chi connectivity index (χ1n) is 30.0. The van der Waals surface area contributed by atoms with E-state index in [0.717, 1.165) is 9.13 Å². The first kappa shape index (κ1) is 11.6. The van der Waals surface area contributed by atoms with E-state index < -0.39 is 280 Å². The summed E-state index contributed by atoms with van der Waals surface area (Å²) in [5.41, 5.74) is -9.21. The molecule has 11 rings (SSSR count). The molecule has 8 aromatic carbocycles. The molecule has 0 saturated heterocycles. The standard InChI is InChI=1S/C48H30N2O/c1-3-13-31(14-4-1)34-29-45(48-39-19-9-12-22-46(39)51-47(48)30-34)50-42-21-11-7-17-36(42)38-25-23-33(28-44(38)50)32-24-26-43-40(27-32)37-18-8-10-20-41(37)49(43)35-15-5-2-6-16-35/h1-30H/i1D,2D,3D,4D,5D,6D,7D,8D,9D,10D,11D,12D,13D,14D,15D,16D,17D,18D,19D,20D,21D,22D,23D,24D,25D,26D,27D,28D,29D,30D. The highest BCUT2D eigenvalue weighted by Gasteiger charge is 2.20. The van der Waals surface area contributed by atoms with E-state index in [-0.39, 0.29) is 0 Å². The van der Waals surface area contributed by atoms with Gasteiger partial charge in [0.1, 0.15) is 11.2 Å². The third kappa shape index (κ3) is 4.19. The predicted molar refractivity (Wildman–Crippen MR) is 213 cm³/mol. The van der Waals surface area contributed by atoms with Gasteiger partial charge in [-0.1, -0.05) is 121 Å². The minimum absolute atomic E-state index is 0.572. The molecule has 3 heterocycles. The van der Waals surface area contributed by atoms with Crippen LogP contribution in [-0.4, -0.2) is 9.13 Å². The summed E-state index contributed by atoms with van der Waals surface area (Å²) in [4.78, 5) is 0. The number of hydrogen-bond donors (Lipinski definition) is 0. The van der Waals surface area contributed by atoms with Gasteiger partial charge < -0.3 is 13.6 Å². The lowest BCUT2D eigenvalue weighted by molar-refractivity contribution is 0.669. The molecule has 3 heteroatoms. The maximum atomic E-state index is 10.2. The summed E-state index contributed by atoms with van der Waals surface area (Å²) in [7, 11) is 0. The van der Waals surface area contributed by atoms with Crippen LogP contribution in [0.5, 0.6) is 0 Å². The summed E-state index contributed by atoms with van der Waals surface area (Å²) in [6.45, 7) is 0. The van der Waals surface area contributed by atoms with Crippen molar-refractivity contribution in [2.45, 2.75) is 0 Å². The van der Waals surface area contributed by atoms with Crippen LogP contribution in [0.4, 0.5) is 0 Å². The van der Waals surface area contributed by atoms with E-state index >= 15 is 0 Å². The normalized spacial score (nSPS) is 20.2. The molecular weight excluding hydrogens is 621 g/mol. The number of furan rings is 1. The molecule has 3 nitrogen and oxygen atoms in total. The molecule has 238 valence electrons. The molecule has 51 heavy (non-hydrogen) atoms. The molecule has 0 radical (unpaired) electrons. The molecule has 0 aliphatic rings. The summed E-state index contributed by atoms with van der Waals surface area (Å²) in [5.74, 6) is 0. The summed E-state index contributed by atoms with van der Waals surface area (Å²) >= 11 is 0. The predicted octanol–water partition coefficient (Wildman–Crippen LogP) is 13.1. The molecule has 0 amide bonds. The first-order chi connectivity index (χ1) is 37.8. The van der Waals surface area contributed by atoms with Gasteiger partial charge in [-0.15, -0.1) is 0 Å². The molecule has 0 unspecified atom stereocenters. The van der Waals surface area contributed by atoms with Crippen molar-refractivity contribution in [1.82, 2.24) is 9.13 Å². The quantitative estimate of drug-likeness (QED) is 0.181. The lowest BCUT2D eigenvalue weighted by Crippen LogP contribution is -1.96. The van der Waals surface area contributed by atoms with Gasteiger partial charge in [0.2, 0.25) is 0 Å². The van der Waals surface area contributed by atoms with E-state index in [1.165, 1.54) is 0 Å². The smallest absolute Gasteiger partial charge is 0.138 e.